The average molecular weight is 858 g/mol. The molecule has 0 aromatic heterocycles. The van der Waals surface area contributed by atoms with E-state index in [1.165, 1.54) is 77.0 Å². The molecular formula is C45H78O13P-. The van der Waals surface area contributed by atoms with Crippen LogP contribution in [0.2, 0.25) is 0 Å². The third-order valence-corrected chi connectivity index (χ3v) is 11.1. The smallest absolute Gasteiger partial charge is 0.306 e. The van der Waals surface area contributed by atoms with E-state index in [2.05, 4.69) is 50.3 Å². The van der Waals surface area contributed by atoms with Gasteiger partial charge in [0.1, 0.15) is 43.2 Å². The maximum Gasteiger partial charge on any atom is 0.306 e. The number of hydrogen-bond acceptors (Lipinski definition) is 13. The van der Waals surface area contributed by atoms with Gasteiger partial charge in [0.25, 0.3) is 7.82 Å². The number of aliphatic hydroxyl groups excluding tert-OH is 5. The number of rotatable bonds is 36. The average Bonchev–Trinajstić information content (AvgIpc) is 3.21. The topological polar surface area (TPSA) is 212 Å². The number of esters is 2. The molecule has 0 spiro atoms. The van der Waals surface area contributed by atoms with Crippen molar-refractivity contribution in [2.75, 3.05) is 13.2 Å². The fraction of sp³-hybridized carbons (Fsp3) is 0.778. The van der Waals surface area contributed by atoms with Crippen LogP contribution in [0.3, 0.4) is 0 Å². The molecule has 1 aliphatic rings. The Balaban J connectivity index is 2.53. The number of phosphoric acid groups is 1. The Morgan fingerprint density at radius 2 is 0.949 bits per heavy atom. The summed E-state index contributed by atoms with van der Waals surface area (Å²) in [6.45, 7) is 3.12. The van der Waals surface area contributed by atoms with Crippen LogP contribution < -0.4 is 4.89 Å². The number of aliphatic hydroxyl groups is 5. The van der Waals surface area contributed by atoms with Crippen LogP contribution >= 0.6 is 7.82 Å². The highest BCUT2D eigenvalue weighted by Crippen LogP contribution is 2.43. The van der Waals surface area contributed by atoms with E-state index in [0.717, 1.165) is 44.9 Å². The van der Waals surface area contributed by atoms with Crippen molar-refractivity contribution in [2.45, 2.75) is 211 Å². The molecule has 0 amide bonds. The van der Waals surface area contributed by atoms with Crippen LogP contribution in [-0.4, -0.2) is 93.4 Å². The molecule has 342 valence electrons. The van der Waals surface area contributed by atoms with Crippen molar-refractivity contribution in [3.05, 3.63) is 48.6 Å². The van der Waals surface area contributed by atoms with E-state index in [9.17, 15) is 44.6 Å². The SMILES string of the molecule is CCCCC/C=C\C/C=C\C/C=C\C/C=C\CCCC(=O)O[C@H](COC(=O)CCCCCCCCCCCCCCC)COP(=O)([O-])OC1[C@@H](O)[C@@H](O)C(O)[C@H](O)[C@H]1O. The Labute approximate surface area is 354 Å². The van der Waals surface area contributed by atoms with E-state index in [4.69, 9.17) is 18.5 Å². The summed E-state index contributed by atoms with van der Waals surface area (Å²) in [4.78, 5) is 37.9. The molecule has 14 heteroatoms. The predicted octanol–water partition coefficient (Wildman–Crippen LogP) is 7.76. The third kappa shape index (κ3) is 28.1. The lowest BCUT2D eigenvalue weighted by molar-refractivity contribution is -0.261. The van der Waals surface area contributed by atoms with Gasteiger partial charge >= 0.3 is 11.9 Å². The summed E-state index contributed by atoms with van der Waals surface area (Å²) in [6, 6.07) is 0. The van der Waals surface area contributed by atoms with Crippen molar-refractivity contribution in [3.63, 3.8) is 0 Å². The van der Waals surface area contributed by atoms with Crippen LogP contribution in [0.15, 0.2) is 48.6 Å². The molecule has 3 unspecified atom stereocenters. The van der Waals surface area contributed by atoms with Gasteiger partial charge in [0.2, 0.25) is 0 Å². The van der Waals surface area contributed by atoms with Gasteiger partial charge in [0.15, 0.2) is 6.10 Å². The Morgan fingerprint density at radius 1 is 0.542 bits per heavy atom. The normalized spacial score (nSPS) is 22.8. The maximum absolute atomic E-state index is 12.7. The zero-order valence-corrected chi connectivity index (χ0v) is 36.9. The van der Waals surface area contributed by atoms with Crippen molar-refractivity contribution >= 4 is 19.8 Å². The van der Waals surface area contributed by atoms with E-state index in [0.29, 0.717) is 19.3 Å². The summed E-state index contributed by atoms with van der Waals surface area (Å²) < 4.78 is 33.0. The second kappa shape index (κ2) is 35.4. The van der Waals surface area contributed by atoms with Crippen molar-refractivity contribution < 1.29 is 63.1 Å². The summed E-state index contributed by atoms with van der Waals surface area (Å²) in [6.07, 6.45) is 27.0. The van der Waals surface area contributed by atoms with Gasteiger partial charge in [-0.15, -0.1) is 0 Å². The quantitative estimate of drug-likeness (QED) is 0.0177. The predicted molar refractivity (Wildman–Crippen MR) is 228 cm³/mol. The zero-order valence-electron chi connectivity index (χ0n) is 36.0. The molecule has 1 saturated carbocycles. The van der Waals surface area contributed by atoms with Crippen LogP contribution in [-0.2, 0) is 32.7 Å². The van der Waals surface area contributed by atoms with Gasteiger partial charge in [-0.25, -0.2) is 0 Å². The molecule has 59 heavy (non-hydrogen) atoms. The van der Waals surface area contributed by atoms with Crippen LogP contribution in [0.4, 0.5) is 0 Å². The lowest BCUT2D eigenvalue weighted by Gasteiger charge is -2.43. The minimum atomic E-state index is -5.38. The van der Waals surface area contributed by atoms with E-state index < -0.39 is 75.7 Å². The first-order valence-corrected chi connectivity index (χ1v) is 23.9. The van der Waals surface area contributed by atoms with E-state index in [1.54, 1.807) is 0 Å². The summed E-state index contributed by atoms with van der Waals surface area (Å²) in [5.41, 5.74) is 0. The lowest BCUT2D eigenvalue weighted by atomic mass is 9.85. The third-order valence-electron chi connectivity index (χ3n) is 10.2. The van der Waals surface area contributed by atoms with Crippen LogP contribution in [0.5, 0.6) is 0 Å². The number of ether oxygens (including phenoxy) is 2. The van der Waals surface area contributed by atoms with E-state index in [-0.39, 0.29) is 12.8 Å². The molecule has 1 rings (SSSR count). The van der Waals surface area contributed by atoms with Crippen LogP contribution in [0.25, 0.3) is 0 Å². The number of phosphoric ester groups is 1. The fourth-order valence-electron chi connectivity index (χ4n) is 6.51. The van der Waals surface area contributed by atoms with Crippen molar-refractivity contribution in [3.8, 4) is 0 Å². The number of hydrogen-bond donors (Lipinski definition) is 5. The van der Waals surface area contributed by atoms with Crippen molar-refractivity contribution in [2.24, 2.45) is 0 Å². The Hall–Kier alpha value is -2.19. The van der Waals surface area contributed by atoms with Gasteiger partial charge in [-0.2, -0.15) is 0 Å². The van der Waals surface area contributed by atoms with Gasteiger partial charge in [0.05, 0.1) is 6.61 Å². The van der Waals surface area contributed by atoms with Crippen LogP contribution in [0, 0.1) is 0 Å². The summed E-state index contributed by atoms with van der Waals surface area (Å²) in [7, 11) is -5.38. The van der Waals surface area contributed by atoms with Gasteiger partial charge in [-0.05, 0) is 51.4 Å². The van der Waals surface area contributed by atoms with Gasteiger partial charge in [-0.1, -0.05) is 152 Å². The molecule has 0 aromatic rings. The van der Waals surface area contributed by atoms with Gasteiger partial charge in [0, 0.05) is 12.8 Å². The first-order valence-electron chi connectivity index (χ1n) is 22.4. The summed E-state index contributed by atoms with van der Waals surface area (Å²) in [5.74, 6) is -1.20. The Bertz CT molecular complexity index is 1220. The first-order chi connectivity index (χ1) is 28.4. The van der Waals surface area contributed by atoms with Gasteiger partial charge < -0.3 is 48.9 Å². The Morgan fingerprint density at radius 3 is 1.46 bits per heavy atom. The number of carbonyl (C=O) groups excluding carboxylic acids is 2. The molecule has 8 atom stereocenters. The fourth-order valence-corrected chi connectivity index (χ4v) is 7.46. The molecule has 0 aromatic carbocycles. The maximum atomic E-state index is 12.7. The molecule has 0 aliphatic heterocycles. The number of carbonyl (C=O) groups is 2. The second-order valence-corrected chi connectivity index (χ2v) is 16.9. The number of allylic oxidation sites excluding steroid dienone is 8. The highest BCUT2D eigenvalue weighted by molar-refractivity contribution is 7.45. The molecular weight excluding hydrogens is 779 g/mol. The highest BCUT2D eigenvalue weighted by Gasteiger charge is 2.50. The van der Waals surface area contributed by atoms with E-state index >= 15 is 0 Å². The largest absolute Gasteiger partial charge is 0.756 e. The molecule has 0 bridgehead atoms. The minimum absolute atomic E-state index is 0.00548. The number of unbranched alkanes of at least 4 members (excludes halogenated alkanes) is 16. The zero-order chi connectivity index (χ0) is 43.6. The minimum Gasteiger partial charge on any atom is -0.756 e. The Kier molecular flexibility index (Phi) is 32.9. The molecule has 0 radical (unpaired) electrons. The molecule has 5 N–H and O–H groups in total. The lowest BCUT2D eigenvalue weighted by Crippen LogP contribution is -2.64. The standard InChI is InChI=1S/C45H79O13P/c1-3-5-7-9-11-13-15-17-18-19-20-22-24-26-28-30-32-34-39(47)57-37(36-56-59(53,54)58-45-43(51)41(49)40(48)42(50)44(45)52)35-55-38(46)33-31-29-27-25-23-21-16-14-12-10-8-6-4-2/h11,13,17-18,20,22,26,28,37,40-45,48-52H,3-10,12,14-16,19,21,23-25,27,29-36H2,1-2H3,(H,53,54)/p-1/b13-11-,18-17-,22-20-,28-26-/t37-,40?,41+,42+,43-,44+,45?/m1/s1. The molecule has 1 fully saturated rings. The molecule has 0 heterocycles. The molecule has 13 nitrogen and oxygen atoms in total. The van der Waals surface area contributed by atoms with Crippen molar-refractivity contribution in [1.29, 1.82) is 0 Å². The summed E-state index contributed by atoms with van der Waals surface area (Å²) >= 11 is 0. The van der Waals surface area contributed by atoms with E-state index in [1.807, 2.05) is 12.2 Å². The first kappa shape index (κ1) is 54.8. The second-order valence-electron chi connectivity index (χ2n) is 15.5. The van der Waals surface area contributed by atoms with Crippen LogP contribution in [0.1, 0.15) is 168 Å². The van der Waals surface area contributed by atoms with Gasteiger partial charge in [-0.3, -0.25) is 14.2 Å². The summed E-state index contributed by atoms with van der Waals surface area (Å²) in [5, 5.41) is 50.0. The molecule has 1 aliphatic carbocycles. The van der Waals surface area contributed by atoms with Crippen molar-refractivity contribution in [1.82, 2.24) is 0 Å². The highest BCUT2D eigenvalue weighted by atomic mass is 31.2. The monoisotopic (exact) mass is 858 g/mol. The molecule has 0 saturated heterocycles.